The molecule has 0 atom stereocenters. The molecular weight excluding hydrogens is 492 g/mol. The van der Waals surface area contributed by atoms with Gasteiger partial charge in [-0.25, -0.2) is 0 Å². The molecule has 0 aromatic heterocycles. The third-order valence-electron chi connectivity index (χ3n) is 0.612. The minimum absolute atomic E-state index is 0. The smallest absolute Gasteiger partial charge is 0.544 e. The van der Waals surface area contributed by atoms with E-state index in [-0.39, 0.29) is 138 Å². The van der Waals surface area contributed by atoms with Crippen LogP contribution < -0.4 is 148 Å². The number of alkyl halides is 5. The first-order valence-corrected chi connectivity index (χ1v) is 2.45. The summed E-state index contributed by atoms with van der Waals surface area (Å²) in [6.45, 7) is 0. The average Bonchev–Trinajstić information content (AvgIpc) is 1.82. The summed E-state index contributed by atoms with van der Waals surface area (Å²) in [6, 6.07) is 0. The molecule has 0 aliphatic rings. The molecule has 0 N–H and O–H groups in total. The Kier molecular flexibility index (Phi) is 19.4. The molecule has 0 aliphatic carbocycles. The number of aliphatic carboxylic acids is 1. The van der Waals surface area contributed by atoms with Gasteiger partial charge in [-0.1, -0.05) is 0 Å². The first-order valence-electron chi connectivity index (χ1n) is 2.45. The second-order valence-corrected chi connectivity index (χ2v) is 1.60. The quantitative estimate of drug-likeness (QED) is 0.270. The molecule has 0 rings (SSSR count). The summed E-state index contributed by atoms with van der Waals surface area (Å²) in [4.78, 5) is 17.3. The van der Waals surface area contributed by atoms with Crippen molar-refractivity contribution in [2.45, 2.75) is 12.1 Å². The molecule has 0 bridgehead atoms. The molecule has 0 spiro atoms. The Bertz CT molecular complexity index is 225. The molecule has 0 saturated heterocycles. The zero-order valence-electron chi connectivity index (χ0n) is 7.90. The molecule has 0 unspecified atom stereocenters. The minimum Gasteiger partial charge on any atom is -0.544 e. The Morgan fingerprint density at radius 2 is 1.06 bits per heavy atom. The molecule has 0 fully saturated rings. The van der Waals surface area contributed by atoms with E-state index in [2.05, 4.69) is 0 Å². The van der Waals surface area contributed by atoms with Crippen LogP contribution in [0.3, 0.4) is 0 Å². The summed E-state index contributed by atoms with van der Waals surface area (Å²) >= 11 is 0. The SMILES string of the molecule is O=C([O-])C(F)(F)C(F)(F)F.O=C([O-])F.[Cs+].[Cs+]. The molecule has 0 heterocycles. The van der Waals surface area contributed by atoms with Crippen LogP contribution in [0, 0.1) is 0 Å². The van der Waals surface area contributed by atoms with Crippen molar-refractivity contribution in [1.29, 1.82) is 0 Å². The predicted octanol–water partition coefficient (Wildman–Crippen LogP) is -6.76. The van der Waals surface area contributed by atoms with Gasteiger partial charge in [-0.3, -0.25) is 0 Å². The maximum atomic E-state index is 11.3. The molecular formula is C4Cs2F6O4. The Morgan fingerprint density at radius 3 is 1.06 bits per heavy atom. The van der Waals surface area contributed by atoms with Crippen molar-refractivity contribution in [2.24, 2.45) is 0 Å². The van der Waals surface area contributed by atoms with E-state index in [1.165, 1.54) is 0 Å². The Labute approximate surface area is 202 Å². The van der Waals surface area contributed by atoms with E-state index in [9.17, 15) is 26.3 Å². The zero-order valence-corrected chi connectivity index (χ0v) is 20.5. The number of carboxylic acid groups (broad SMARTS) is 2. The van der Waals surface area contributed by atoms with Crippen LogP contribution in [0.5, 0.6) is 0 Å². The average molecular weight is 492 g/mol. The molecule has 0 aliphatic heterocycles. The van der Waals surface area contributed by atoms with Crippen molar-refractivity contribution >= 4 is 12.2 Å². The van der Waals surface area contributed by atoms with Crippen LogP contribution in [0.4, 0.5) is 31.1 Å². The summed E-state index contributed by atoms with van der Waals surface area (Å²) in [7, 11) is 0. The van der Waals surface area contributed by atoms with E-state index >= 15 is 0 Å². The van der Waals surface area contributed by atoms with Gasteiger partial charge >= 0.3 is 150 Å². The molecule has 4 nitrogen and oxygen atoms in total. The zero-order chi connectivity index (χ0) is 12.2. The fourth-order valence-electron chi connectivity index (χ4n) is 0.116. The van der Waals surface area contributed by atoms with E-state index in [0.29, 0.717) is 0 Å². The van der Waals surface area contributed by atoms with Gasteiger partial charge in [0.15, 0.2) is 0 Å². The second-order valence-electron chi connectivity index (χ2n) is 1.60. The van der Waals surface area contributed by atoms with Gasteiger partial charge in [0.05, 0.1) is 0 Å². The summed E-state index contributed by atoms with van der Waals surface area (Å²) in [5.74, 6) is -9.20. The molecule has 16 heavy (non-hydrogen) atoms. The molecule has 0 radical (unpaired) electrons. The molecule has 12 heteroatoms. The van der Waals surface area contributed by atoms with Crippen molar-refractivity contribution in [2.75, 3.05) is 0 Å². The van der Waals surface area contributed by atoms with Gasteiger partial charge in [-0.2, -0.15) is 26.3 Å². The summed E-state index contributed by atoms with van der Waals surface area (Å²) < 4.78 is 65.1. The molecule has 84 valence electrons. The van der Waals surface area contributed by atoms with Crippen molar-refractivity contribution < 1.29 is 184 Å². The number of halogens is 6. The van der Waals surface area contributed by atoms with E-state index < -0.39 is 24.3 Å². The normalized spacial score (nSPS) is 9.88. The van der Waals surface area contributed by atoms with Crippen molar-refractivity contribution in [1.82, 2.24) is 0 Å². The fourth-order valence-corrected chi connectivity index (χ4v) is 0.116. The Morgan fingerprint density at radius 1 is 0.875 bits per heavy atom. The number of carbonyl (C=O) groups excluding carboxylic acids is 2. The van der Waals surface area contributed by atoms with Crippen LogP contribution in [0.1, 0.15) is 0 Å². The third-order valence-corrected chi connectivity index (χ3v) is 0.612. The van der Waals surface area contributed by atoms with Crippen LogP contribution in [0.15, 0.2) is 0 Å². The number of carboxylic acids is 1. The van der Waals surface area contributed by atoms with Gasteiger partial charge in [0.1, 0.15) is 5.97 Å². The first-order chi connectivity index (χ1) is 5.93. The first kappa shape index (κ1) is 27.0. The van der Waals surface area contributed by atoms with Gasteiger partial charge in [-0.15, -0.1) is 0 Å². The Hall–Kier alpha value is 2.62. The number of hydrogen-bond acceptors (Lipinski definition) is 4. The summed E-state index contributed by atoms with van der Waals surface area (Å²) in [5, 5.41) is 17.3. The topological polar surface area (TPSA) is 80.3 Å². The summed E-state index contributed by atoms with van der Waals surface area (Å²) in [5.41, 5.74) is 0. The molecule has 0 aromatic rings. The van der Waals surface area contributed by atoms with E-state index in [1.54, 1.807) is 0 Å². The van der Waals surface area contributed by atoms with Crippen LogP contribution in [0.25, 0.3) is 0 Å². The van der Waals surface area contributed by atoms with Gasteiger partial charge in [0.25, 0.3) is 0 Å². The standard InChI is InChI=1S/C3HF5O2.CHFO2.2Cs/c4-2(5,1(9)10)3(6,7)8;2-1(3)4;;/h(H,9,10);(H,3,4);;/q;;2*+1/p-2. The molecule has 0 aromatic carbocycles. The predicted molar refractivity (Wildman–Crippen MR) is 22.5 cm³/mol. The monoisotopic (exact) mass is 492 g/mol. The molecule has 0 saturated carbocycles. The van der Waals surface area contributed by atoms with E-state index in [1.807, 2.05) is 0 Å². The van der Waals surface area contributed by atoms with Crippen LogP contribution in [0.2, 0.25) is 0 Å². The molecule has 0 amide bonds. The minimum atomic E-state index is -6.08. The van der Waals surface area contributed by atoms with Crippen LogP contribution in [-0.2, 0) is 4.79 Å². The number of hydrogen-bond donors (Lipinski definition) is 0. The Balaban J connectivity index is -0.000000105. The van der Waals surface area contributed by atoms with Crippen LogP contribution in [-0.4, -0.2) is 24.3 Å². The summed E-state index contributed by atoms with van der Waals surface area (Å²) in [6.07, 6.45) is -8.66. The van der Waals surface area contributed by atoms with E-state index in [4.69, 9.17) is 19.8 Å². The van der Waals surface area contributed by atoms with Gasteiger partial charge in [0, 0.05) is 0 Å². The van der Waals surface area contributed by atoms with E-state index in [0.717, 1.165) is 0 Å². The maximum Gasteiger partial charge on any atom is 1.00 e. The maximum absolute atomic E-state index is 11.3. The van der Waals surface area contributed by atoms with Crippen molar-refractivity contribution in [3.63, 3.8) is 0 Å². The largest absolute Gasteiger partial charge is 1.00 e. The van der Waals surface area contributed by atoms with Gasteiger partial charge in [-0.05, 0) is 0 Å². The van der Waals surface area contributed by atoms with Crippen molar-refractivity contribution in [3.8, 4) is 0 Å². The van der Waals surface area contributed by atoms with Gasteiger partial charge in [0.2, 0.25) is 6.22 Å². The number of carbonyl (C=O) groups is 2. The fraction of sp³-hybridized carbons (Fsp3) is 0.500. The van der Waals surface area contributed by atoms with Gasteiger partial charge < -0.3 is 19.8 Å². The van der Waals surface area contributed by atoms with Crippen molar-refractivity contribution in [3.05, 3.63) is 0 Å². The van der Waals surface area contributed by atoms with Crippen LogP contribution >= 0.6 is 0 Å². The number of rotatable bonds is 1. The second kappa shape index (κ2) is 11.5. The third kappa shape index (κ3) is 13.1.